The van der Waals surface area contributed by atoms with Crippen LogP contribution in [0.3, 0.4) is 0 Å². The zero-order chi connectivity index (χ0) is 19.2. The molecule has 0 spiro atoms. The number of hydrogen-bond acceptors (Lipinski definition) is 3. The molecule has 2 fully saturated rings. The van der Waals surface area contributed by atoms with Gasteiger partial charge >= 0.3 is 0 Å². The van der Waals surface area contributed by atoms with Gasteiger partial charge in [0, 0.05) is 44.3 Å². The summed E-state index contributed by atoms with van der Waals surface area (Å²) >= 11 is 0. The van der Waals surface area contributed by atoms with Crippen LogP contribution in [-0.2, 0) is 9.59 Å². The number of piperidine rings is 1. The maximum absolute atomic E-state index is 12.7. The molecule has 1 N–H and O–H groups in total. The van der Waals surface area contributed by atoms with Crippen molar-refractivity contribution in [3.63, 3.8) is 0 Å². The first-order valence-corrected chi connectivity index (χ1v) is 10.5. The first kappa shape index (κ1) is 19.7. The second-order valence-electron chi connectivity index (χ2n) is 7.93. The number of rotatable bonds is 7. The maximum atomic E-state index is 12.7. The van der Waals surface area contributed by atoms with E-state index in [2.05, 4.69) is 48.3 Å². The Bertz CT molecular complexity index is 655. The van der Waals surface area contributed by atoms with E-state index in [9.17, 15) is 9.59 Å². The van der Waals surface area contributed by atoms with E-state index in [0.29, 0.717) is 32.0 Å². The number of likely N-dealkylation sites (tertiary alicyclic amines) is 1. The van der Waals surface area contributed by atoms with Crippen molar-refractivity contribution in [2.75, 3.05) is 31.1 Å². The quantitative estimate of drug-likeness (QED) is 0.801. The first-order valence-electron chi connectivity index (χ1n) is 10.5. The van der Waals surface area contributed by atoms with Gasteiger partial charge in [-0.1, -0.05) is 25.0 Å². The van der Waals surface area contributed by atoms with E-state index in [1.165, 1.54) is 24.1 Å². The van der Waals surface area contributed by atoms with Crippen LogP contribution in [0.4, 0.5) is 5.69 Å². The molecule has 1 aromatic rings. The summed E-state index contributed by atoms with van der Waals surface area (Å²) in [5, 5.41) is 3.11. The van der Waals surface area contributed by atoms with Gasteiger partial charge in [-0.2, -0.15) is 0 Å². The van der Waals surface area contributed by atoms with E-state index in [0.717, 1.165) is 25.9 Å². The van der Waals surface area contributed by atoms with Crippen LogP contribution in [0.1, 0.15) is 51.0 Å². The van der Waals surface area contributed by atoms with Crippen molar-refractivity contribution in [2.45, 2.75) is 58.4 Å². The molecule has 5 nitrogen and oxygen atoms in total. The predicted octanol–water partition coefficient (Wildman–Crippen LogP) is 3.12. The lowest BCUT2D eigenvalue weighted by Crippen LogP contribution is -2.50. The van der Waals surface area contributed by atoms with Gasteiger partial charge in [0.2, 0.25) is 11.8 Å². The van der Waals surface area contributed by atoms with Crippen LogP contribution in [0, 0.1) is 12.8 Å². The lowest BCUT2D eigenvalue weighted by molar-refractivity contribution is -0.140. The van der Waals surface area contributed by atoms with E-state index >= 15 is 0 Å². The molecule has 27 heavy (non-hydrogen) atoms. The van der Waals surface area contributed by atoms with Crippen molar-refractivity contribution in [3.05, 3.63) is 29.8 Å². The smallest absolute Gasteiger partial charge is 0.224 e. The average Bonchev–Trinajstić information content (AvgIpc) is 3.20. The summed E-state index contributed by atoms with van der Waals surface area (Å²) in [6.45, 7) is 7.17. The summed E-state index contributed by atoms with van der Waals surface area (Å²) in [6.07, 6.45) is 5.81. The van der Waals surface area contributed by atoms with E-state index in [1.807, 2.05) is 4.90 Å². The van der Waals surface area contributed by atoms with Crippen molar-refractivity contribution in [1.82, 2.24) is 10.2 Å². The van der Waals surface area contributed by atoms with Crippen molar-refractivity contribution in [3.8, 4) is 0 Å². The number of aryl methyl sites for hydroxylation is 1. The summed E-state index contributed by atoms with van der Waals surface area (Å²) in [6, 6.07) is 8.83. The molecule has 1 heterocycles. The van der Waals surface area contributed by atoms with Gasteiger partial charge in [0.05, 0.1) is 5.92 Å². The van der Waals surface area contributed by atoms with Crippen molar-refractivity contribution in [2.24, 2.45) is 5.92 Å². The number of amides is 2. The summed E-state index contributed by atoms with van der Waals surface area (Å²) in [7, 11) is 0. The topological polar surface area (TPSA) is 52.7 Å². The molecule has 0 aromatic heterocycles. The fourth-order valence-electron chi connectivity index (χ4n) is 4.41. The Labute approximate surface area is 163 Å². The molecule has 5 heteroatoms. The fraction of sp³-hybridized carbons (Fsp3) is 0.636. The number of carbonyl (C=O) groups excluding carboxylic acids is 2. The van der Waals surface area contributed by atoms with E-state index in [-0.39, 0.29) is 17.7 Å². The SMILES string of the molecule is CCN(CCNC(=O)[C@H]1CCC(=O)N(C2CCCC2)C1)c1cccc(C)c1. The minimum absolute atomic E-state index is 0.0580. The van der Waals surface area contributed by atoms with Gasteiger partial charge in [-0.15, -0.1) is 0 Å². The van der Waals surface area contributed by atoms with Gasteiger partial charge in [0.25, 0.3) is 0 Å². The maximum Gasteiger partial charge on any atom is 0.224 e. The van der Waals surface area contributed by atoms with Crippen LogP contribution < -0.4 is 10.2 Å². The standard InChI is InChI=1S/C22H33N3O2/c1-3-24(20-10-6-7-17(2)15-20)14-13-23-22(27)18-11-12-21(26)25(16-18)19-8-4-5-9-19/h6-7,10,15,18-19H,3-5,8-9,11-14,16H2,1-2H3,(H,23,27)/t18-/m0/s1. The number of nitrogens with one attached hydrogen (secondary N) is 1. The summed E-state index contributed by atoms with van der Waals surface area (Å²) < 4.78 is 0. The number of benzene rings is 1. The molecule has 1 aromatic carbocycles. The van der Waals surface area contributed by atoms with Crippen molar-refractivity contribution < 1.29 is 9.59 Å². The minimum Gasteiger partial charge on any atom is -0.370 e. The zero-order valence-corrected chi connectivity index (χ0v) is 16.7. The molecule has 1 saturated heterocycles. The molecule has 1 atom stereocenters. The van der Waals surface area contributed by atoms with Crippen molar-refractivity contribution >= 4 is 17.5 Å². The molecule has 0 bridgehead atoms. The third-order valence-electron chi connectivity index (χ3n) is 6.01. The lowest BCUT2D eigenvalue weighted by atomic mass is 9.95. The predicted molar refractivity (Wildman–Crippen MR) is 109 cm³/mol. The Hall–Kier alpha value is -2.04. The number of nitrogens with zero attached hydrogens (tertiary/aromatic N) is 2. The highest BCUT2D eigenvalue weighted by atomic mass is 16.2. The van der Waals surface area contributed by atoms with Gasteiger partial charge in [0.15, 0.2) is 0 Å². The van der Waals surface area contributed by atoms with Gasteiger partial charge < -0.3 is 15.1 Å². The second kappa shape index (κ2) is 9.25. The largest absolute Gasteiger partial charge is 0.370 e. The minimum atomic E-state index is -0.0580. The number of carbonyl (C=O) groups is 2. The van der Waals surface area contributed by atoms with Crippen LogP contribution in [0.15, 0.2) is 24.3 Å². The third-order valence-corrected chi connectivity index (χ3v) is 6.01. The molecule has 0 radical (unpaired) electrons. The van der Waals surface area contributed by atoms with E-state index in [4.69, 9.17) is 0 Å². The highest BCUT2D eigenvalue weighted by molar-refractivity contribution is 5.84. The number of anilines is 1. The Morgan fingerprint density at radius 3 is 2.74 bits per heavy atom. The summed E-state index contributed by atoms with van der Waals surface area (Å²) in [5.74, 6) is 0.283. The van der Waals surface area contributed by atoms with Crippen LogP contribution in [0.5, 0.6) is 0 Å². The van der Waals surface area contributed by atoms with Gasteiger partial charge in [-0.05, 0) is 50.8 Å². The van der Waals surface area contributed by atoms with E-state index in [1.54, 1.807) is 0 Å². The molecule has 1 saturated carbocycles. The van der Waals surface area contributed by atoms with Gasteiger partial charge in [-0.25, -0.2) is 0 Å². The monoisotopic (exact) mass is 371 g/mol. The fourth-order valence-corrected chi connectivity index (χ4v) is 4.41. The molecule has 1 aliphatic carbocycles. The van der Waals surface area contributed by atoms with Crippen LogP contribution in [-0.4, -0.2) is 48.9 Å². The van der Waals surface area contributed by atoms with Crippen LogP contribution in [0.25, 0.3) is 0 Å². The average molecular weight is 372 g/mol. The van der Waals surface area contributed by atoms with Crippen LogP contribution >= 0.6 is 0 Å². The Morgan fingerprint density at radius 1 is 1.26 bits per heavy atom. The highest BCUT2D eigenvalue weighted by Gasteiger charge is 2.35. The third kappa shape index (κ3) is 5.02. The van der Waals surface area contributed by atoms with Gasteiger partial charge in [-0.3, -0.25) is 9.59 Å². The van der Waals surface area contributed by atoms with Crippen molar-refractivity contribution in [1.29, 1.82) is 0 Å². The Morgan fingerprint density at radius 2 is 2.04 bits per heavy atom. The normalized spacial score (nSPS) is 20.7. The molecule has 3 rings (SSSR count). The molecule has 2 aliphatic rings. The van der Waals surface area contributed by atoms with Crippen LogP contribution in [0.2, 0.25) is 0 Å². The molecule has 2 amide bonds. The highest BCUT2D eigenvalue weighted by Crippen LogP contribution is 2.28. The summed E-state index contributed by atoms with van der Waals surface area (Å²) in [5.41, 5.74) is 2.44. The second-order valence-corrected chi connectivity index (χ2v) is 7.93. The number of likely N-dealkylation sites (N-methyl/N-ethyl adjacent to an activating group) is 1. The number of hydrogen-bond donors (Lipinski definition) is 1. The molecular weight excluding hydrogens is 338 g/mol. The molecule has 0 unspecified atom stereocenters. The Kier molecular flexibility index (Phi) is 6.75. The summed E-state index contributed by atoms with van der Waals surface area (Å²) in [4.78, 5) is 29.2. The molecule has 1 aliphatic heterocycles. The lowest BCUT2D eigenvalue weighted by Gasteiger charge is -2.36. The zero-order valence-electron chi connectivity index (χ0n) is 16.7. The van der Waals surface area contributed by atoms with Gasteiger partial charge in [0.1, 0.15) is 0 Å². The first-order chi connectivity index (χ1) is 13.1. The Balaban J connectivity index is 1.49. The molecular formula is C22H33N3O2. The molecule has 148 valence electrons. The van der Waals surface area contributed by atoms with E-state index < -0.39 is 0 Å².